The number of fused-ring (bicyclic) bond motifs is 1. The van der Waals surface area contributed by atoms with E-state index in [4.69, 9.17) is 0 Å². The van der Waals surface area contributed by atoms with Gasteiger partial charge in [0.25, 0.3) is 5.91 Å². The van der Waals surface area contributed by atoms with Crippen LogP contribution < -0.4 is 8.61 Å². The Bertz CT molecular complexity index is 1010. The second-order valence-corrected chi connectivity index (χ2v) is 7.82. The topological polar surface area (TPSA) is 84.0 Å². The highest BCUT2D eigenvalue weighted by atomic mass is 32.2. The number of para-hydroxylation sites is 1. The van der Waals surface area contributed by atoms with E-state index < -0.39 is 22.1 Å². The lowest BCUT2D eigenvalue weighted by Gasteiger charge is -2.36. The molecule has 0 unspecified atom stereocenters. The van der Waals surface area contributed by atoms with E-state index in [-0.39, 0.29) is 16.8 Å². The Morgan fingerprint density at radius 2 is 1.69 bits per heavy atom. The molecule has 0 saturated heterocycles. The number of carbonyl (C=O) groups excluding carboxylic acids is 2. The first-order valence-corrected chi connectivity index (χ1v) is 9.22. The highest BCUT2D eigenvalue weighted by Gasteiger charge is 2.42. The zero-order valence-corrected chi connectivity index (χ0v) is 15.6. The Morgan fingerprint density at radius 3 is 2.27 bits per heavy atom. The quantitative estimate of drug-likeness (QED) is 0.754. The molecule has 0 radical (unpaired) electrons. The minimum Gasteiger partial charge on any atom is -0.465 e. The van der Waals surface area contributed by atoms with Crippen molar-refractivity contribution >= 4 is 33.5 Å². The maximum absolute atomic E-state index is 13.1. The third kappa shape index (κ3) is 2.53. The third-order valence-corrected chi connectivity index (χ3v) is 6.09. The van der Waals surface area contributed by atoms with Crippen molar-refractivity contribution in [1.29, 1.82) is 0 Å². The van der Waals surface area contributed by atoms with Gasteiger partial charge in [-0.15, -0.1) is 0 Å². The first-order chi connectivity index (χ1) is 12.2. The van der Waals surface area contributed by atoms with Crippen molar-refractivity contribution in [3.8, 4) is 0 Å². The van der Waals surface area contributed by atoms with Crippen molar-refractivity contribution in [3.05, 3.63) is 58.7 Å². The zero-order chi connectivity index (χ0) is 19.2. The van der Waals surface area contributed by atoms with Crippen LogP contribution in [0, 0.1) is 13.8 Å². The van der Waals surface area contributed by atoms with Gasteiger partial charge in [-0.25, -0.2) is 4.79 Å². The van der Waals surface area contributed by atoms with E-state index in [0.717, 1.165) is 8.61 Å². The average molecular weight is 374 g/mol. The lowest BCUT2D eigenvalue weighted by molar-refractivity contribution is 0.0600. The van der Waals surface area contributed by atoms with E-state index in [9.17, 15) is 18.0 Å². The summed E-state index contributed by atoms with van der Waals surface area (Å²) in [5.74, 6) is -1.31. The molecule has 1 aliphatic heterocycles. The van der Waals surface area contributed by atoms with Crippen LogP contribution in [0.25, 0.3) is 0 Å². The second kappa shape index (κ2) is 6.14. The van der Waals surface area contributed by atoms with Crippen LogP contribution in [0.15, 0.2) is 36.4 Å². The smallest absolute Gasteiger partial charge is 0.337 e. The highest BCUT2D eigenvalue weighted by Crippen LogP contribution is 2.37. The number of anilines is 2. The van der Waals surface area contributed by atoms with E-state index in [2.05, 4.69) is 4.74 Å². The predicted octanol–water partition coefficient (Wildman–Crippen LogP) is 2.43. The molecule has 3 rings (SSSR count). The fourth-order valence-corrected chi connectivity index (χ4v) is 4.51. The molecular formula is C18H18N2O5S. The molecule has 0 aromatic heterocycles. The van der Waals surface area contributed by atoms with Crippen LogP contribution in [0.4, 0.5) is 11.4 Å². The van der Waals surface area contributed by atoms with Gasteiger partial charge in [-0.05, 0) is 43.2 Å². The number of ether oxygens (including phenoxy) is 1. The number of amides is 1. The minimum atomic E-state index is -4.10. The number of nitrogens with zero attached hydrogens (tertiary/aromatic N) is 2. The van der Waals surface area contributed by atoms with E-state index in [1.165, 1.54) is 32.4 Å². The standard InChI is InChI=1S/C18H18N2O5S/c1-11-6-5-7-12(2)16(11)20-17(21)14-10-13(18(22)25-4)8-9-15(14)19(3)26(20,23)24/h5-10H,1-4H3. The van der Waals surface area contributed by atoms with Crippen molar-refractivity contribution in [2.45, 2.75) is 13.8 Å². The van der Waals surface area contributed by atoms with Crippen LogP contribution in [-0.2, 0) is 14.9 Å². The van der Waals surface area contributed by atoms with Crippen molar-refractivity contribution in [2.24, 2.45) is 0 Å². The summed E-state index contributed by atoms with van der Waals surface area (Å²) in [5.41, 5.74) is 2.14. The van der Waals surface area contributed by atoms with Gasteiger partial charge in [-0.1, -0.05) is 18.2 Å². The molecule has 0 bridgehead atoms. The molecule has 0 saturated carbocycles. The van der Waals surface area contributed by atoms with Gasteiger partial charge in [0, 0.05) is 7.05 Å². The largest absolute Gasteiger partial charge is 0.465 e. The molecule has 7 nitrogen and oxygen atoms in total. The van der Waals surface area contributed by atoms with Crippen molar-refractivity contribution < 1.29 is 22.7 Å². The molecule has 26 heavy (non-hydrogen) atoms. The summed E-state index contributed by atoms with van der Waals surface area (Å²) in [4.78, 5) is 24.9. The number of hydrogen-bond donors (Lipinski definition) is 0. The van der Waals surface area contributed by atoms with E-state index in [1.807, 2.05) is 0 Å². The van der Waals surface area contributed by atoms with E-state index in [0.29, 0.717) is 16.8 Å². The van der Waals surface area contributed by atoms with Gasteiger partial charge < -0.3 is 4.74 Å². The molecule has 2 aromatic carbocycles. The number of carbonyl (C=O) groups is 2. The summed E-state index contributed by atoms with van der Waals surface area (Å²) < 4.78 is 32.5. The Kier molecular flexibility index (Phi) is 4.23. The van der Waals surface area contributed by atoms with Crippen LogP contribution >= 0.6 is 0 Å². The average Bonchev–Trinajstić information content (AvgIpc) is 2.61. The molecule has 0 atom stereocenters. The molecule has 136 valence electrons. The van der Waals surface area contributed by atoms with Gasteiger partial charge in [0.2, 0.25) is 0 Å². The maximum atomic E-state index is 13.1. The fraction of sp³-hybridized carbons (Fsp3) is 0.222. The summed E-state index contributed by atoms with van der Waals surface area (Å²) in [6.07, 6.45) is 0. The van der Waals surface area contributed by atoms with Gasteiger partial charge in [-0.2, -0.15) is 12.7 Å². The molecule has 0 N–H and O–H groups in total. The number of rotatable bonds is 2. The van der Waals surface area contributed by atoms with Crippen molar-refractivity contribution in [2.75, 3.05) is 22.8 Å². The summed E-state index contributed by atoms with van der Waals surface area (Å²) >= 11 is 0. The van der Waals surface area contributed by atoms with Crippen molar-refractivity contribution in [1.82, 2.24) is 0 Å². The normalized spacial score (nSPS) is 15.6. The summed E-state index contributed by atoms with van der Waals surface area (Å²) in [6.45, 7) is 3.48. The van der Waals surface area contributed by atoms with Gasteiger partial charge in [-0.3, -0.25) is 9.10 Å². The van der Waals surface area contributed by atoms with Gasteiger partial charge in [0.15, 0.2) is 0 Å². The lowest BCUT2D eigenvalue weighted by atomic mass is 10.1. The first-order valence-electron chi connectivity index (χ1n) is 7.82. The van der Waals surface area contributed by atoms with Crippen LogP contribution in [0.2, 0.25) is 0 Å². The Labute approximate surface area is 152 Å². The number of methoxy groups -OCH3 is 1. The highest BCUT2D eigenvalue weighted by molar-refractivity contribution is 7.95. The summed E-state index contributed by atoms with van der Waals surface area (Å²) in [6, 6.07) is 9.49. The zero-order valence-electron chi connectivity index (χ0n) is 14.8. The molecule has 0 spiro atoms. The Balaban J connectivity index is 2.27. The molecule has 2 aromatic rings. The molecular weight excluding hydrogens is 356 g/mol. The summed E-state index contributed by atoms with van der Waals surface area (Å²) in [7, 11) is -1.49. The molecule has 1 heterocycles. The van der Waals surface area contributed by atoms with Gasteiger partial charge in [0.1, 0.15) is 0 Å². The lowest BCUT2D eigenvalue weighted by Crippen LogP contribution is -2.50. The van der Waals surface area contributed by atoms with Crippen LogP contribution in [-0.4, -0.2) is 34.5 Å². The maximum Gasteiger partial charge on any atom is 0.337 e. The van der Waals surface area contributed by atoms with Gasteiger partial charge >= 0.3 is 16.2 Å². The Hall–Kier alpha value is -2.87. The third-order valence-electron chi connectivity index (χ3n) is 4.39. The minimum absolute atomic E-state index is 0.118. The number of esters is 1. The molecule has 0 fully saturated rings. The SMILES string of the molecule is COC(=O)c1ccc2c(c1)C(=O)N(c1c(C)cccc1C)S(=O)(=O)N2C. The molecule has 8 heteroatoms. The first kappa shape index (κ1) is 17.9. The Morgan fingerprint density at radius 1 is 1.08 bits per heavy atom. The van der Waals surface area contributed by atoms with Crippen molar-refractivity contribution in [3.63, 3.8) is 0 Å². The number of aryl methyl sites for hydroxylation is 2. The van der Waals surface area contributed by atoms with Crippen LogP contribution in [0.1, 0.15) is 31.8 Å². The van der Waals surface area contributed by atoms with E-state index in [1.54, 1.807) is 32.0 Å². The van der Waals surface area contributed by atoms with Crippen LogP contribution in [0.3, 0.4) is 0 Å². The second-order valence-electron chi connectivity index (χ2n) is 6.01. The van der Waals surface area contributed by atoms with Gasteiger partial charge in [0.05, 0.1) is 29.6 Å². The summed E-state index contributed by atoms with van der Waals surface area (Å²) in [5, 5.41) is 0. The fourth-order valence-electron chi connectivity index (χ4n) is 3.03. The number of hydrogen-bond acceptors (Lipinski definition) is 5. The molecule has 0 aliphatic carbocycles. The molecule has 1 aliphatic rings. The van der Waals surface area contributed by atoms with Crippen LogP contribution in [0.5, 0.6) is 0 Å². The number of benzene rings is 2. The predicted molar refractivity (Wildman–Crippen MR) is 97.8 cm³/mol. The molecule has 1 amide bonds. The monoisotopic (exact) mass is 374 g/mol. The van der Waals surface area contributed by atoms with E-state index >= 15 is 0 Å².